The number of aliphatic hydroxyl groups excluding tert-OH is 1. The monoisotopic (exact) mass is 235 g/mol. The van der Waals surface area contributed by atoms with Gasteiger partial charge in [-0.2, -0.15) is 0 Å². The second-order valence-electron chi connectivity index (χ2n) is 4.44. The van der Waals surface area contributed by atoms with Gasteiger partial charge in [-0.3, -0.25) is 0 Å². The van der Waals surface area contributed by atoms with Gasteiger partial charge in [-0.25, -0.2) is 0 Å². The minimum Gasteiger partial charge on any atom is -0.392 e. The molecule has 3 rings (SSSR count). The summed E-state index contributed by atoms with van der Waals surface area (Å²) in [6, 6.07) is -0.255. The van der Waals surface area contributed by atoms with Gasteiger partial charge in [-0.05, 0) is 31.2 Å². The number of nitrogens with zero attached hydrogens (tertiary/aromatic N) is 3. The first-order valence-corrected chi connectivity index (χ1v) is 5.99. The van der Waals surface area contributed by atoms with E-state index in [1.807, 2.05) is 12.2 Å². The fourth-order valence-electron chi connectivity index (χ4n) is 2.03. The molecular formula is C12H17N3O2. The molecule has 1 fully saturated rings. The Morgan fingerprint density at radius 2 is 1.65 bits per heavy atom. The number of aliphatic hydroxyl groups is 1. The van der Waals surface area contributed by atoms with Crippen LogP contribution >= 0.6 is 0 Å². The lowest BCUT2D eigenvalue weighted by atomic mass is 10.00. The van der Waals surface area contributed by atoms with Crippen LogP contribution < -0.4 is 0 Å². The summed E-state index contributed by atoms with van der Waals surface area (Å²) in [6.45, 7) is 0. The number of hydrogen-bond acceptors (Lipinski definition) is 3. The zero-order valence-corrected chi connectivity index (χ0v) is 9.64. The van der Waals surface area contributed by atoms with E-state index in [1.54, 1.807) is 0 Å². The van der Waals surface area contributed by atoms with Crippen molar-refractivity contribution >= 4 is 0 Å². The molecule has 0 aromatic rings. The quantitative estimate of drug-likeness (QED) is 0.249. The van der Waals surface area contributed by atoms with E-state index in [4.69, 9.17) is 10.3 Å². The van der Waals surface area contributed by atoms with Crippen LogP contribution in [0.4, 0.5) is 0 Å². The van der Waals surface area contributed by atoms with Crippen LogP contribution in [0, 0.1) is 0 Å². The molecule has 0 amide bonds. The Morgan fingerprint density at radius 1 is 1.06 bits per heavy atom. The van der Waals surface area contributed by atoms with E-state index in [0.29, 0.717) is 25.0 Å². The highest BCUT2D eigenvalue weighted by atomic mass is 16.6. The summed E-state index contributed by atoms with van der Waals surface area (Å²) in [5.41, 5.74) is 8.06. The van der Waals surface area contributed by atoms with Crippen LogP contribution in [0.3, 0.4) is 0 Å². The molecule has 17 heavy (non-hydrogen) atoms. The Hall–Kier alpha value is -1.29. The molecule has 0 aromatic carbocycles. The van der Waals surface area contributed by atoms with Gasteiger partial charge in [-0.15, -0.1) is 0 Å². The standard InChI is InChI=1S/C6H9N3O.C6H8O/c7-9-8-5-3-1-2-4-6(5)10;1-2-4-6-5(3-1)7-6/h1-2,5-6,10H,3-4H2;1-2,5-6H,3-4H2/t5-,6-;/m1./s1. The van der Waals surface area contributed by atoms with Crippen molar-refractivity contribution in [3.8, 4) is 0 Å². The number of epoxide rings is 1. The summed E-state index contributed by atoms with van der Waals surface area (Å²) in [5.74, 6) is 0. The van der Waals surface area contributed by atoms with Crippen molar-refractivity contribution < 1.29 is 9.84 Å². The molecular weight excluding hydrogens is 218 g/mol. The van der Waals surface area contributed by atoms with Crippen LogP contribution in [0.1, 0.15) is 25.7 Å². The molecule has 1 N–H and O–H groups in total. The predicted octanol–water partition coefficient (Wildman–Crippen LogP) is 2.48. The van der Waals surface area contributed by atoms with Crippen molar-refractivity contribution in [3.05, 3.63) is 34.7 Å². The third-order valence-electron chi connectivity index (χ3n) is 3.16. The molecule has 92 valence electrons. The van der Waals surface area contributed by atoms with Crippen molar-refractivity contribution in [1.29, 1.82) is 0 Å². The van der Waals surface area contributed by atoms with Gasteiger partial charge in [0.05, 0.1) is 24.4 Å². The molecule has 2 unspecified atom stereocenters. The number of rotatable bonds is 1. The first-order chi connectivity index (χ1) is 8.31. The largest absolute Gasteiger partial charge is 0.392 e. The molecule has 4 atom stereocenters. The molecule has 1 heterocycles. The van der Waals surface area contributed by atoms with Crippen molar-refractivity contribution in [2.75, 3.05) is 0 Å². The van der Waals surface area contributed by atoms with Crippen LogP contribution in [0.15, 0.2) is 29.4 Å². The van der Waals surface area contributed by atoms with Crippen molar-refractivity contribution in [1.82, 2.24) is 0 Å². The van der Waals surface area contributed by atoms with Gasteiger partial charge in [-0.1, -0.05) is 29.4 Å². The van der Waals surface area contributed by atoms with Crippen molar-refractivity contribution in [2.24, 2.45) is 5.11 Å². The van der Waals surface area contributed by atoms with Gasteiger partial charge in [0.2, 0.25) is 0 Å². The third-order valence-corrected chi connectivity index (χ3v) is 3.16. The molecule has 2 aliphatic carbocycles. The molecule has 5 heteroatoms. The Morgan fingerprint density at radius 3 is 2.18 bits per heavy atom. The van der Waals surface area contributed by atoms with Gasteiger partial charge >= 0.3 is 0 Å². The Labute approximate surface area is 100 Å². The van der Waals surface area contributed by atoms with Gasteiger partial charge in [0.25, 0.3) is 0 Å². The summed E-state index contributed by atoms with van der Waals surface area (Å²) in [4.78, 5) is 2.64. The zero-order valence-electron chi connectivity index (χ0n) is 9.64. The third kappa shape index (κ3) is 3.60. The summed E-state index contributed by atoms with van der Waals surface area (Å²) in [7, 11) is 0. The predicted molar refractivity (Wildman–Crippen MR) is 64.3 cm³/mol. The summed E-state index contributed by atoms with van der Waals surface area (Å²) in [6.07, 6.45) is 12.5. The Bertz CT molecular complexity index is 349. The zero-order chi connectivity index (χ0) is 12.1. The number of fused-ring (bicyclic) bond motifs is 1. The smallest absolute Gasteiger partial charge is 0.0879 e. The number of azide groups is 1. The minimum absolute atomic E-state index is 0.255. The highest BCUT2D eigenvalue weighted by Crippen LogP contribution is 2.32. The van der Waals surface area contributed by atoms with Crippen LogP contribution in [-0.2, 0) is 4.74 Å². The first-order valence-electron chi connectivity index (χ1n) is 5.99. The molecule has 0 bridgehead atoms. The van der Waals surface area contributed by atoms with Crippen LogP contribution in [-0.4, -0.2) is 29.5 Å². The van der Waals surface area contributed by atoms with E-state index < -0.39 is 6.10 Å². The fourth-order valence-corrected chi connectivity index (χ4v) is 2.03. The maximum absolute atomic E-state index is 9.18. The van der Waals surface area contributed by atoms with E-state index in [0.717, 1.165) is 12.8 Å². The fraction of sp³-hybridized carbons (Fsp3) is 0.667. The highest BCUT2D eigenvalue weighted by Gasteiger charge is 2.37. The van der Waals surface area contributed by atoms with Gasteiger partial charge in [0.15, 0.2) is 0 Å². The lowest BCUT2D eigenvalue weighted by Gasteiger charge is -2.18. The van der Waals surface area contributed by atoms with Crippen LogP contribution in [0.2, 0.25) is 0 Å². The molecule has 5 nitrogen and oxygen atoms in total. The number of ether oxygens (including phenoxy) is 1. The van der Waals surface area contributed by atoms with E-state index in [1.165, 1.54) is 0 Å². The maximum atomic E-state index is 9.18. The maximum Gasteiger partial charge on any atom is 0.0879 e. The van der Waals surface area contributed by atoms with E-state index in [9.17, 15) is 5.11 Å². The molecule has 0 spiro atoms. The Balaban J connectivity index is 0.000000134. The molecule has 0 radical (unpaired) electrons. The van der Waals surface area contributed by atoms with Crippen LogP contribution in [0.5, 0.6) is 0 Å². The molecule has 0 aromatic heterocycles. The first kappa shape index (κ1) is 12.2. The second kappa shape index (κ2) is 5.87. The average molecular weight is 235 g/mol. The Kier molecular flexibility index (Phi) is 4.20. The average Bonchev–Trinajstić information content (AvgIpc) is 3.12. The summed E-state index contributed by atoms with van der Waals surface area (Å²) in [5, 5.41) is 12.6. The number of hydrogen-bond donors (Lipinski definition) is 1. The molecule has 3 aliphatic rings. The molecule has 1 aliphatic heterocycles. The SMILES string of the molecule is C1=CCC2OC2C1.[N-]=[N+]=N[C@@H]1CC=CC[C@H]1O. The van der Waals surface area contributed by atoms with Gasteiger partial charge in [0, 0.05) is 4.91 Å². The summed E-state index contributed by atoms with van der Waals surface area (Å²) < 4.78 is 5.22. The van der Waals surface area contributed by atoms with E-state index in [2.05, 4.69) is 22.2 Å². The topological polar surface area (TPSA) is 81.5 Å². The normalized spacial score (nSPS) is 37.2. The van der Waals surface area contributed by atoms with Crippen molar-refractivity contribution in [3.63, 3.8) is 0 Å². The van der Waals surface area contributed by atoms with Gasteiger partial charge < -0.3 is 9.84 Å². The highest BCUT2D eigenvalue weighted by molar-refractivity contribution is 5.03. The second-order valence-corrected chi connectivity index (χ2v) is 4.44. The van der Waals surface area contributed by atoms with E-state index in [-0.39, 0.29) is 6.04 Å². The van der Waals surface area contributed by atoms with Crippen molar-refractivity contribution in [2.45, 2.75) is 50.0 Å². The van der Waals surface area contributed by atoms with E-state index >= 15 is 0 Å². The lowest BCUT2D eigenvalue weighted by Crippen LogP contribution is -2.24. The van der Waals surface area contributed by atoms with Crippen LogP contribution in [0.25, 0.3) is 10.4 Å². The molecule has 0 saturated carbocycles. The lowest BCUT2D eigenvalue weighted by molar-refractivity contribution is 0.143. The summed E-state index contributed by atoms with van der Waals surface area (Å²) >= 11 is 0. The molecule has 1 saturated heterocycles. The van der Waals surface area contributed by atoms with Gasteiger partial charge in [0.1, 0.15) is 0 Å². The minimum atomic E-state index is -0.485.